The average molecular weight is 247 g/mol. The normalized spacial score (nSPS) is 9.73. The second-order valence-corrected chi connectivity index (χ2v) is 3.72. The minimum atomic E-state index is -5.05. The Morgan fingerprint density at radius 1 is 1.13 bits per heavy atom. The first-order chi connectivity index (χ1) is 5.93. The molecule has 0 spiro atoms. The molecule has 1 aromatic rings. The van der Waals surface area contributed by atoms with E-state index >= 15 is 0 Å². The van der Waals surface area contributed by atoms with Crippen molar-refractivity contribution >= 4 is 18.6 Å². The molecule has 6 nitrogen and oxygen atoms in total. The van der Waals surface area contributed by atoms with Gasteiger partial charge in [0.1, 0.15) is 0 Å². The Balaban J connectivity index is 0. The van der Waals surface area contributed by atoms with Crippen LogP contribution in [0.2, 0.25) is 0 Å². The molecule has 70 valence electrons. The number of nitro groups is 1. The van der Waals surface area contributed by atoms with Crippen LogP contribution in [0.5, 0.6) is 0 Å². The minimum absolute atomic E-state index is 0. The van der Waals surface area contributed by atoms with E-state index < -0.39 is 23.5 Å². The van der Waals surface area contributed by atoms with Crippen LogP contribution in [-0.4, -0.2) is 4.92 Å². The molecule has 0 saturated heterocycles. The van der Waals surface area contributed by atoms with E-state index in [0.717, 1.165) is 12.1 Å². The van der Waals surface area contributed by atoms with E-state index in [1.54, 1.807) is 0 Å². The predicted molar refractivity (Wildman–Crippen MR) is 40.3 cm³/mol. The van der Waals surface area contributed by atoms with E-state index in [-0.39, 0.29) is 59.1 Å². The third-order valence-corrected chi connectivity index (χ3v) is 2.34. The summed E-state index contributed by atoms with van der Waals surface area (Å²) in [7, 11) is -5.05. The predicted octanol–water partition coefficient (Wildman–Crippen LogP) is -6.86. The smallest absolute Gasteiger partial charge is 0.807 e. The van der Waals surface area contributed by atoms with Crippen LogP contribution in [-0.2, 0) is 4.57 Å². The molecular weight excluding hydrogens is 243 g/mol. The van der Waals surface area contributed by atoms with Crippen molar-refractivity contribution in [1.29, 1.82) is 0 Å². The van der Waals surface area contributed by atoms with Crippen LogP contribution >= 0.6 is 7.60 Å². The van der Waals surface area contributed by atoms with Gasteiger partial charge in [0.2, 0.25) is 0 Å². The van der Waals surface area contributed by atoms with Gasteiger partial charge in [-0.15, -0.1) is 0 Å². The Bertz CT molecular complexity index is 393. The van der Waals surface area contributed by atoms with Crippen molar-refractivity contribution in [3.63, 3.8) is 0 Å². The molecular formula is C6H4NNa2O5P. The zero-order chi connectivity index (χ0) is 10.1. The monoisotopic (exact) mass is 247 g/mol. The summed E-state index contributed by atoms with van der Waals surface area (Å²) in [5, 5.41) is 9.50. The molecule has 0 N–H and O–H groups in total. The first kappa shape index (κ1) is 18.1. The number of hydrogen-bond acceptors (Lipinski definition) is 5. The molecule has 0 aliphatic rings. The van der Waals surface area contributed by atoms with Gasteiger partial charge in [-0.25, -0.2) is 0 Å². The van der Waals surface area contributed by atoms with Gasteiger partial charge >= 0.3 is 59.1 Å². The van der Waals surface area contributed by atoms with Crippen LogP contribution in [0.15, 0.2) is 24.3 Å². The van der Waals surface area contributed by atoms with E-state index in [0.29, 0.717) is 0 Å². The SMILES string of the molecule is O=[N+]([O-])c1ccccc1P(=O)([O-])[O-].[Na+].[Na+]. The maximum absolute atomic E-state index is 10.5. The Morgan fingerprint density at radius 2 is 1.60 bits per heavy atom. The largest absolute Gasteiger partial charge is 1.00 e. The molecule has 0 amide bonds. The second-order valence-electron chi connectivity index (χ2n) is 2.24. The summed E-state index contributed by atoms with van der Waals surface area (Å²) in [5.41, 5.74) is -0.684. The Labute approximate surface area is 130 Å². The Kier molecular flexibility index (Phi) is 8.67. The molecule has 0 atom stereocenters. The maximum atomic E-state index is 10.5. The number of nitro benzene ring substituents is 1. The first-order valence-electron chi connectivity index (χ1n) is 3.19. The molecule has 0 fully saturated rings. The number of rotatable bonds is 2. The summed E-state index contributed by atoms with van der Waals surface area (Å²) in [6, 6.07) is 4.43. The Morgan fingerprint density at radius 3 is 1.93 bits per heavy atom. The zero-order valence-corrected chi connectivity index (χ0v) is 13.1. The van der Waals surface area contributed by atoms with Gasteiger partial charge in [-0.3, -0.25) is 10.1 Å². The summed E-state index contributed by atoms with van der Waals surface area (Å²) in [4.78, 5) is 30.4. The fourth-order valence-electron chi connectivity index (χ4n) is 0.850. The second kappa shape index (κ2) is 7.17. The van der Waals surface area contributed by atoms with E-state index in [1.807, 2.05) is 0 Å². The molecule has 1 aromatic carbocycles. The van der Waals surface area contributed by atoms with Crippen molar-refractivity contribution in [1.82, 2.24) is 0 Å². The third-order valence-electron chi connectivity index (χ3n) is 1.37. The molecule has 0 radical (unpaired) electrons. The van der Waals surface area contributed by atoms with E-state index in [1.165, 1.54) is 12.1 Å². The van der Waals surface area contributed by atoms with Crippen LogP contribution in [0.25, 0.3) is 0 Å². The van der Waals surface area contributed by atoms with Crippen molar-refractivity contribution in [2.75, 3.05) is 0 Å². The van der Waals surface area contributed by atoms with Crippen LogP contribution < -0.4 is 74.2 Å². The zero-order valence-electron chi connectivity index (χ0n) is 8.25. The fourth-order valence-corrected chi connectivity index (χ4v) is 1.56. The van der Waals surface area contributed by atoms with Gasteiger partial charge in [-0.2, -0.15) is 0 Å². The summed E-state index contributed by atoms with van der Waals surface area (Å²) >= 11 is 0. The van der Waals surface area contributed by atoms with Crippen LogP contribution in [0.3, 0.4) is 0 Å². The van der Waals surface area contributed by atoms with Gasteiger partial charge < -0.3 is 14.4 Å². The minimum Gasteiger partial charge on any atom is -0.807 e. The van der Waals surface area contributed by atoms with Crippen molar-refractivity contribution in [2.24, 2.45) is 0 Å². The standard InChI is InChI=1S/C6H6NO5P.2Na/c8-7(9)5-3-1-2-4-6(5)13(10,11)12;;/h1-4H,(H2,10,11,12);;/q;2*+1/p-2. The summed E-state index contributed by atoms with van der Waals surface area (Å²) in [6.45, 7) is 0. The number of hydrogen-bond donors (Lipinski definition) is 0. The Hall–Kier alpha value is 0.770. The molecule has 9 heteroatoms. The molecule has 0 aliphatic carbocycles. The molecule has 15 heavy (non-hydrogen) atoms. The number of benzene rings is 1. The topological polar surface area (TPSA) is 106 Å². The van der Waals surface area contributed by atoms with E-state index in [2.05, 4.69) is 0 Å². The van der Waals surface area contributed by atoms with Crippen LogP contribution in [0.1, 0.15) is 0 Å². The van der Waals surface area contributed by atoms with Gasteiger partial charge in [-0.05, 0) is 13.7 Å². The number of nitrogens with zero attached hydrogens (tertiary/aromatic N) is 1. The van der Waals surface area contributed by atoms with E-state index in [9.17, 15) is 24.5 Å². The van der Waals surface area contributed by atoms with E-state index in [4.69, 9.17) is 0 Å². The van der Waals surface area contributed by atoms with Gasteiger partial charge in [0, 0.05) is 6.07 Å². The molecule has 0 unspecified atom stereocenters. The average Bonchev–Trinajstić information content (AvgIpc) is 2.03. The van der Waals surface area contributed by atoms with Gasteiger partial charge in [0.15, 0.2) is 0 Å². The van der Waals surface area contributed by atoms with Crippen molar-refractivity contribution in [2.45, 2.75) is 0 Å². The van der Waals surface area contributed by atoms with Crippen molar-refractivity contribution in [3.05, 3.63) is 34.4 Å². The van der Waals surface area contributed by atoms with Gasteiger partial charge in [0.05, 0.1) is 10.2 Å². The van der Waals surface area contributed by atoms with Crippen LogP contribution in [0, 0.1) is 10.1 Å². The molecule has 0 aliphatic heterocycles. The summed E-state index contributed by atoms with van der Waals surface area (Å²) in [6.07, 6.45) is 0. The van der Waals surface area contributed by atoms with Crippen molar-refractivity contribution in [3.8, 4) is 0 Å². The van der Waals surface area contributed by atoms with Crippen LogP contribution in [0.4, 0.5) is 5.69 Å². The molecule has 0 saturated carbocycles. The van der Waals surface area contributed by atoms with Gasteiger partial charge in [-0.1, -0.05) is 12.1 Å². The fraction of sp³-hybridized carbons (Fsp3) is 0. The third kappa shape index (κ3) is 5.08. The summed E-state index contributed by atoms with van der Waals surface area (Å²) < 4.78 is 10.5. The quantitative estimate of drug-likeness (QED) is 0.223. The molecule has 1 rings (SSSR count). The molecule has 0 aromatic heterocycles. The first-order valence-corrected chi connectivity index (χ1v) is 4.73. The molecule has 0 heterocycles. The maximum Gasteiger partial charge on any atom is 1.00 e. The van der Waals surface area contributed by atoms with Gasteiger partial charge in [0.25, 0.3) is 5.69 Å². The van der Waals surface area contributed by atoms with Crippen molar-refractivity contribution < 1.29 is 78.4 Å². The number of para-hydroxylation sites is 1. The molecule has 0 bridgehead atoms. The summed E-state index contributed by atoms with van der Waals surface area (Å²) in [5.74, 6) is 0.